The number of non-ortho nitro benzene ring substituents is 1. The number of benzene rings is 1. The lowest BCUT2D eigenvalue weighted by molar-refractivity contribution is -0.384. The zero-order valence-corrected chi connectivity index (χ0v) is 8.27. The summed E-state index contributed by atoms with van der Waals surface area (Å²) in [4.78, 5) is 10.1. The van der Waals surface area contributed by atoms with Crippen LogP contribution in [0.15, 0.2) is 24.3 Å². The maximum absolute atomic E-state index is 10.5. The normalized spacial score (nSPS) is 10.1. The fourth-order valence-electron chi connectivity index (χ4n) is 1.16. The Morgan fingerprint density at radius 2 is 2.20 bits per heavy atom. The highest BCUT2D eigenvalue weighted by atomic mass is 32.1. The van der Waals surface area contributed by atoms with Crippen LogP contribution in [-0.4, -0.2) is 13.7 Å². The lowest BCUT2D eigenvalue weighted by Crippen LogP contribution is -1.91. The number of hydrogen-bond donors (Lipinski definition) is 1. The number of anilines is 1. The van der Waals surface area contributed by atoms with Gasteiger partial charge in [0.2, 0.25) is 0 Å². The van der Waals surface area contributed by atoms with Crippen LogP contribution in [0.4, 0.5) is 11.5 Å². The topological polar surface area (TPSA) is 94.9 Å². The van der Waals surface area contributed by atoms with Crippen LogP contribution >= 0.6 is 11.7 Å². The standard InChI is InChI=1S/C8H6N4O2S/c9-8-7(10-15-11-8)5-2-1-3-6(4-5)12(13)14/h1-4H,(H2,9,11). The molecule has 0 atom stereocenters. The van der Waals surface area contributed by atoms with Crippen molar-refractivity contribution >= 4 is 23.2 Å². The second kappa shape index (κ2) is 3.62. The van der Waals surface area contributed by atoms with Gasteiger partial charge in [0.25, 0.3) is 5.69 Å². The van der Waals surface area contributed by atoms with Crippen molar-refractivity contribution in [3.63, 3.8) is 0 Å². The van der Waals surface area contributed by atoms with Gasteiger partial charge >= 0.3 is 0 Å². The number of nitrogen functional groups attached to an aromatic ring is 1. The number of nitro groups is 1. The van der Waals surface area contributed by atoms with Crippen LogP contribution in [0.3, 0.4) is 0 Å². The zero-order chi connectivity index (χ0) is 10.8. The second-order valence-corrected chi connectivity index (χ2v) is 3.33. The number of nitrogens with two attached hydrogens (primary N) is 1. The molecule has 0 saturated heterocycles. The molecule has 2 N–H and O–H groups in total. The Bertz CT molecular complexity index is 511. The first kappa shape index (κ1) is 9.53. The van der Waals surface area contributed by atoms with Crippen LogP contribution in [0.5, 0.6) is 0 Å². The van der Waals surface area contributed by atoms with E-state index in [1.54, 1.807) is 12.1 Å². The predicted octanol–water partition coefficient (Wildman–Crippen LogP) is 1.70. The van der Waals surface area contributed by atoms with Crippen molar-refractivity contribution in [2.45, 2.75) is 0 Å². The van der Waals surface area contributed by atoms with E-state index in [4.69, 9.17) is 5.73 Å². The molecule has 0 aliphatic carbocycles. The van der Waals surface area contributed by atoms with Crippen LogP contribution in [0.1, 0.15) is 0 Å². The summed E-state index contributed by atoms with van der Waals surface area (Å²) in [6.45, 7) is 0. The van der Waals surface area contributed by atoms with E-state index in [0.717, 1.165) is 11.7 Å². The van der Waals surface area contributed by atoms with E-state index < -0.39 is 4.92 Å². The van der Waals surface area contributed by atoms with Gasteiger partial charge in [0, 0.05) is 17.7 Å². The number of nitrogens with zero attached hydrogens (tertiary/aromatic N) is 3. The van der Waals surface area contributed by atoms with E-state index in [-0.39, 0.29) is 5.69 Å². The smallest absolute Gasteiger partial charge is 0.270 e. The Morgan fingerprint density at radius 3 is 2.80 bits per heavy atom. The Balaban J connectivity index is 2.50. The molecule has 0 fully saturated rings. The predicted molar refractivity (Wildman–Crippen MR) is 56.4 cm³/mol. The van der Waals surface area contributed by atoms with Gasteiger partial charge in [-0.05, 0) is 0 Å². The molecule has 0 amide bonds. The van der Waals surface area contributed by atoms with Gasteiger partial charge in [-0.2, -0.15) is 8.75 Å². The lowest BCUT2D eigenvalue weighted by Gasteiger charge is -1.96. The van der Waals surface area contributed by atoms with Gasteiger partial charge < -0.3 is 5.73 Å². The van der Waals surface area contributed by atoms with Gasteiger partial charge in [-0.3, -0.25) is 10.1 Å². The summed E-state index contributed by atoms with van der Waals surface area (Å²) in [5.74, 6) is 0.292. The fraction of sp³-hybridized carbons (Fsp3) is 0. The van der Waals surface area contributed by atoms with Gasteiger partial charge in [0.15, 0.2) is 5.82 Å². The minimum atomic E-state index is -0.459. The average molecular weight is 222 g/mol. The van der Waals surface area contributed by atoms with Crippen molar-refractivity contribution in [1.82, 2.24) is 8.75 Å². The van der Waals surface area contributed by atoms with Crippen molar-refractivity contribution in [3.05, 3.63) is 34.4 Å². The molecular formula is C8H6N4O2S. The molecule has 0 aliphatic rings. The minimum Gasteiger partial charge on any atom is -0.381 e. The number of hydrogen-bond acceptors (Lipinski definition) is 6. The molecule has 0 radical (unpaired) electrons. The van der Waals surface area contributed by atoms with Crippen molar-refractivity contribution in [2.75, 3.05) is 5.73 Å². The first-order chi connectivity index (χ1) is 7.18. The van der Waals surface area contributed by atoms with E-state index in [1.807, 2.05) is 0 Å². The fourth-order valence-corrected chi connectivity index (χ4v) is 1.66. The van der Waals surface area contributed by atoms with E-state index in [0.29, 0.717) is 17.1 Å². The van der Waals surface area contributed by atoms with Gasteiger partial charge in [-0.25, -0.2) is 0 Å². The minimum absolute atomic E-state index is 0.0138. The Morgan fingerprint density at radius 1 is 1.40 bits per heavy atom. The maximum atomic E-state index is 10.5. The summed E-state index contributed by atoms with van der Waals surface area (Å²) in [5, 5.41) is 10.5. The molecule has 0 unspecified atom stereocenters. The third-order valence-corrected chi connectivity index (χ3v) is 2.39. The molecule has 2 rings (SSSR count). The summed E-state index contributed by atoms with van der Waals surface area (Å²) in [5.41, 5.74) is 6.68. The van der Waals surface area contributed by atoms with E-state index >= 15 is 0 Å². The van der Waals surface area contributed by atoms with Crippen molar-refractivity contribution in [1.29, 1.82) is 0 Å². The molecule has 2 aromatic rings. The van der Waals surface area contributed by atoms with Gasteiger partial charge in [0.1, 0.15) is 5.69 Å². The first-order valence-corrected chi connectivity index (χ1v) is 4.74. The molecule has 15 heavy (non-hydrogen) atoms. The molecule has 0 bridgehead atoms. The van der Waals surface area contributed by atoms with E-state index in [9.17, 15) is 10.1 Å². The Labute approximate surface area is 88.8 Å². The lowest BCUT2D eigenvalue weighted by atomic mass is 10.1. The first-order valence-electron chi connectivity index (χ1n) is 4.01. The van der Waals surface area contributed by atoms with Gasteiger partial charge in [-0.1, -0.05) is 12.1 Å². The number of rotatable bonds is 2. The molecule has 6 nitrogen and oxygen atoms in total. The number of aromatic nitrogens is 2. The SMILES string of the molecule is Nc1nsnc1-c1cccc([N+](=O)[O-])c1. The van der Waals surface area contributed by atoms with Crippen LogP contribution in [0.2, 0.25) is 0 Å². The summed E-state index contributed by atoms with van der Waals surface area (Å²) < 4.78 is 7.78. The third kappa shape index (κ3) is 1.77. The Hall–Kier alpha value is -2.02. The van der Waals surface area contributed by atoms with Crippen molar-refractivity contribution < 1.29 is 4.92 Å². The molecule has 76 valence electrons. The van der Waals surface area contributed by atoms with Crippen LogP contribution in [-0.2, 0) is 0 Å². The zero-order valence-electron chi connectivity index (χ0n) is 7.45. The highest BCUT2D eigenvalue weighted by Gasteiger charge is 2.11. The molecule has 0 spiro atoms. The van der Waals surface area contributed by atoms with E-state index in [2.05, 4.69) is 8.75 Å². The summed E-state index contributed by atoms with van der Waals surface area (Å²) in [6.07, 6.45) is 0. The largest absolute Gasteiger partial charge is 0.381 e. The monoisotopic (exact) mass is 222 g/mol. The van der Waals surface area contributed by atoms with Crippen molar-refractivity contribution in [2.24, 2.45) is 0 Å². The number of nitro benzene ring substituents is 1. The maximum Gasteiger partial charge on any atom is 0.270 e. The molecule has 0 aliphatic heterocycles. The van der Waals surface area contributed by atoms with Gasteiger partial charge in [0.05, 0.1) is 16.7 Å². The van der Waals surface area contributed by atoms with Crippen LogP contribution in [0.25, 0.3) is 11.3 Å². The van der Waals surface area contributed by atoms with Crippen LogP contribution in [0, 0.1) is 10.1 Å². The summed E-state index contributed by atoms with van der Waals surface area (Å²) >= 11 is 0.980. The summed E-state index contributed by atoms with van der Waals surface area (Å²) in [6, 6.07) is 6.14. The molecule has 1 aromatic heterocycles. The second-order valence-electron chi connectivity index (χ2n) is 2.81. The van der Waals surface area contributed by atoms with Crippen LogP contribution < -0.4 is 5.73 Å². The molecule has 0 saturated carbocycles. The van der Waals surface area contributed by atoms with Crippen molar-refractivity contribution in [3.8, 4) is 11.3 Å². The quantitative estimate of drug-likeness (QED) is 0.616. The highest BCUT2D eigenvalue weighted by molar-refractivity contribution is 6.99. The van der Waals surface area contributed by atoms with Gasteiger partial charge in [-0.15, -0.1) is 0 Å². The third-order valence-electron chi connectivity index (χ3n) is 1.84. The van der Waals surface area contributed by atoms with E-state index in [1.165, 1.54) is 12.1 Å². The molecule has 1 aromatic carbocycles. The molecular weight excluding hydrogens is 216 g/mol. The highest BCUT2D eigenvalue weighted by Crippen LogP contribution is 2.26. The molecule has 7 heteroatoms. The Kier molecular flexibility index (Phi) is 2.30. The molecule has 1 heterocycles. The average Bonchev–Trinajstić information content (AvgIpc) is 2.64. The summed E-state index contributed by atoms with van der Waals surface area (Å²) in [7, 11) is 0.